The van der Waals surface area contributed by atoms with Gasteiger partial charge < -0.3 is 4.74 Å². The second-order valence-electron chi connectivity index (χ2n) is 8.11. The smallest absolute Gasteiger partial charge is 0.310 e. The van der Waals surface area contributed by atoms with Gasteiger partial charge in [-0.1, -0.05) is 66.7 Å². The molecule has 5 aromatic rings. The Morgan fingerprint density at radius 3 is 2.06 bits per heavy atom. The fraction of sp³-hybridized carbons (Fsp3) is 0.107. The van der Waals surface area contributed by atoms with Crippen LogP contribution in [0.5, 0.6) is 0 Å². The van der Waals surface area contributed by atoms with Crippen LogP contribution in [0, 0.1) is 17.5 Å². The van der Waals surface area contributed by atoms with Crippen molar-refractivity contribution in [3.63, 3.8) is 0 Å². The summed E-state index contributed by atoms with van der Waals surface area (Å²) in [5.41, 5.74) is 3.96. The van der Waals surface area contributed by atoms with Crippen LogP contribution in [-0.4, -0.2) is 23.0 Å². The largest absolute Gasteiger partial charge is 0.469 e. The maximum absolute atomic E-state index is 14.3. The van der Waals surface area contributed by atoms with Gasteiger partial charge in [0.1, 0.15) is 11.3 Å². The van der Waals surface area contributed by atoms with E-state index < -0.39 is 23.4 Å². The number of nitrogens with zero attached hydrogens (tertiary/aromatic N) is 2. The van der Waals surface area contributed by atoms with E-state index in [0.29, 0.717) is 33.6 Å². The van der Waals surface area contributed by atoms with E-state index in [1.54, 1.807) is 0 Å². The Labute approximate surface area is 209 Å². The predicted octanol–water partition coefficient (Wildman–Crippen LogP) is 6.75. The highest BCUT2D eigenvalue weighted by molar-refractivity contribution is 7.18. The number of halogens is 3. The molecule has 0 fully saturated rings. The van der Waals surface area contributed by atoms with Crippen LogP contribution in [0.3, 0.4) is 0 Å². The minimum atomic E-state index is -1.28. The maximum Gasteiger partial charge on any atom is 0.310 e. The van der Waals surface area contributed by atoms with E-state index in [4.69, 9.17) is 9.72 Å². The van der Waals surface area contributed by atoms with Gasteiger partial charge in [-0.05, 0) is 11.1 Å². The summed E-state index contributed by atoms with van der Waals surface area (Å²) in [6.07, 6.45) is 0.171. The van der Waals surface area contributed by atoms with Crippen molar-refractivity contribution in [3.05, 3.63) is 106 Å². The van der Waals surface area contributed by atoms with Gasteiger partial charge in [-0.15, -0.1) is 11.3 Å². The fourth-order valence-electron chi connectivity index (χ4n) is 4.06. The molecule has 36 heavy (non-hydrogen) atoms. The molecule has 8 heteroatoms. The normalized spacial score (nSPS) is 11.1. The second-order valence-corrected chi connectivity index (χ2v) is 9.19. The number of carbonyl (C=O) groups excluding carboxylic acids is 1. The summed E-state index contributed by atoms with van der Waals surface area (Å²) >= 11 is 0.958. The van der Waals surface area contributed by atoms with Crippen molar-refractivity contribution < 1.29 is 22.7 Å². The number of fused-ring (bicyclic) bond motifs is 1. The Bertz CT molecular complexity index is 1570. The van der Waals surface area contributed by atoms with Gasteiger partial charge in [-0.2, -0.15) is 0 Å². The number of rotatable bonds is 6. The third-order valence-electron chi connectivity index (χ3n) is 5.74. The van der Waals surface area contributed by atoms with Gasteiger partial charge in [-0.3, -0.25) is 4.79 Å². The summed E-state index contributed by atoms with van der Waals surface area (Å²) in [5.74, 6) is -3.75. The summed E-state index contributed by atoms with van der Waals surface area (Å²) < 4.78 is 47.2. The molecule has 4 nitrogen and oxygen atoms in total. The lowest BCUT2D eigenvalue weighted by Crippen LogP contribution is -2.09. The van der Waals surface area contributed by atoms with E-state index in [-0.39, 0.29) is 23.1 Å². The number of esters is 1. The third-order valence-corrected chi connectivity index (χ3v) is 6.80. The number of methoxy groups -OCH3 is 1. The Morgan fingerprint density at radius 1 is 0.833 bits per heavy atom. The van der Waals surface area contributed by atoms with Crippen LogP contribution in [-0.2, 0) is 22.4 Å². The highest BCUT2D eigenvalue weighted by Gasteiger charge is 2.21. The van der Waals surface area contributed by atoms with Gasteiger partial charge in [0, 0.05) is 23.6 Å². The molecule has 2 heterocycles. The van der Waals surface area contributed by atoms with Gasteiger partial charge in [-0.25, -0.2) is 23.1 Å². The standard InChI is InChI=1S/C28H19F3N2O2S/c1-35-23(34)14-19-12-18(13-22-32-27-24(31)20(29)15-21(30)28(27)36-22)25(16-8-4-2-5-9-16)33-26(19)17-10-6-3-7-11-17/h2-12,15H,13-14H2,1H3. The molecule has 0 aliphatic carbocycles. The summed E-state index contributed by atoms with van der Waals surface area (Å²) in [6.45, 7) is 0. The molecule has 3 aromatic carbocycles. The average Bonchev–Trinajstić information content (AvgIpc) is 3.33. The first kappa shape index (κ1) is 23.7. The van der Waals surface area contributed by atoms with Crippen molar-refractivity contribution in [2.75, 3.05) is 7.11 Å². The number of carbonyl (C=O) groups is 1. The zero-order chi connectivity index (χ0) is 25.2. The van der Waals surface area contributed by atoms with Crippen LogP contribution in [0.4, 0.5) is 13.2 Å². The number of pyridine rings is 1. The molecule has 0 amide bonds. The van der Waals surface area contributed by atoms with Gasteiger partial charge in [0.25, 0.3) is 0 Å². The van der Waals surface area contributed by atoms with Crippen LogP contribution in [0.15, 0.2) is 72.8 Å². The number of hydrogen-bond donors (Lipinski definition) is 0. The molecule has 0 atom stereocenters. The number of aromatic nitrogens is 2. The van der Waals surface area contributed by atoms with Crippen molar-refractivity contribution in [1.82, 2.24) is 9.97 Å². The Kier molecular flexibility index (Phi) is 6.52. The van der Waals surface area contributed by atoms with Gasteiger partial charge in [0.15, 0.2) is 11.6 Å². The van der Waals surface area contributed by atoms with Gasteiger partial charge >= 0.3 is 5.97 Å². The minimum absolute atomic E-state index is 0.00981. The van der Waals surface area contributed by atoms with Crippen LogP contribution < -0.4 is 0 Å². The molecule has 180 valence electrons. The van der Waals surface area contributed by atoms with E-state index in [0.717, 1.165) is 22.5 Å². The highest BCUT2D eigenvalue weighted by atomic mass is 32.1. The summed E-state index contributed by atoms with van der Waals surface area (Å²) in [6, 6.07) is 21.3. The molecule has 5 rings (SSSR count). The van der Waals surface area contributed by atoms with Crippen molar-refractivity contribution in [3.8, 4) is 22.5 Å². The molecule has 0 aliphatic heterocycles. The van der Waals surface area contributed by atoms with Crippen LogP contribution >= 0.6 is 11.3 Å². The zero-order valence-electron chi connectivity index (χ0n) is 19.1. The van der Waals surface area contributed by atoms with Crippen molar-refractivity contribution in [2.24, 2.45) is 0 Å². The molecule has 0 aliphatic rings. The molecular weight excluding hydrogens is 485 g/mol. The van der Waals surface area contributed by atoms with E-state index in [9.17, 15) is 18.0 Å². The van der Waals surface area contributed by atoms with Gasteiger partial charge in [0.2, 0.25) is 0 Å². The molecule has 0 bridgehead atoms. The van der Waals surface area contributed by atoms with Crippen LogP contribution in [0.25, 0.3) is 32.7 Å². The number of hydrogen-bond acceptors (Lipinski definition) is 5. The Morgan fingerprint density at radius 2 is 1.44 bits per heavy atom. The topological polar surface area (TPSA) is 52.1 Å². The molecule has 2 aromatic heterocycles. The average molecular weight is 505 g/mol. The second kappa shape index (κ2) is 9.91. The van der Waals surface area contributed by atoms with Crippen LogP contribution in [0.2, 0.25) is 0 Å². The fourth-order valence-corrected chi connectivity index (χ4v) is 5.05. The SMILES string of the molecule is COC(=O)Cc1cc(Cc2nc3c(F)c(F)cc(F)c3s2)c(-c2ccccc2)nc1-c1ccccc1. The number of benzene rings is 3. The summed E-state index contributed by atoms with van der Waals surface area (Å²) in [4.78, 5) is 21.4. The first-order chi connectivity index (χ1) is 17.4. The van der Waals surface area contributed by atoms with E-state index in [2.05, 4.69) is 4.98 Å². The lowest BCUT2D eigenvalue weighted by molar-refractivity contribution is -0.139. The summed E-state index contributed by atoms with van der Waals surface area (Å²) in [7, 11) is 1.32. The quantitative estimate of drug-likeness (QED) is 0.190. The molecular formula is C28H19F3N2O2S. The highest BCUT2D eigenvalue weighted by Crippen LogP contribution is 2.34. The number of ether oxygens (including phenoxy) is 1. The van der Waals surface area contributed by atoms with E-state index in [1.807, 2.05) is 66.7 Å². The molecule has 0 saturated carbocycles. The Hall–Kier alpha value is -4.04. The summed E-state index contributed by atoms with van der Waals surface area (Å²) in [5, 5.41) is 0.392. The minimum Gasteiger partial charge on any atom is -0.469 e. The first-order valence-electron chi connectivity index (χ1n) is 11.1. The van der Waals surface area contributed by atoms with E-state index >= 15 is 0 Å². The predicted molar refractivity (Wildman–Crippen MR) is 133 cm³/mol. The maximum atomic E-state index is 14.3. The van der Waals surface area contributed by atoms with Crippen molar-refractivity contribution >= 4 is 27.5 Å². The molecule has 0 unspecified atom stereocenters. The molecule has 0 spiro atoms. The lowest BCUT2D eigenvalue weighted by Gasteiger charge is -2.15. The Balaban J connectivity index is 1.70. The van der Waals surface area contributed by atoms with Gasteiger partial charge in [0.05, 0.1) is 34.6 Å². The number of thiazole rings is 1. The van der Waals surface area contributed by atoms with Crippen molar-refractivity contribution in [1.29, 1.82) is 0 Å². The first-order valence-corrected chi connectivity index (χ1v) is 11.9. The molecule has 0 saturated heterocycles. The van der Waals surface area contributed by atoms with Crippen molar-refractivity contribution in [2.45, 2.75) is 12.8 Å². The molecule has 0 radical (unpaired) electrons. The zero-order valence-corrected chi connectivity index (χ0v) is 19.9. The monoisotopic (exact) mass is 504 g/mol. The lowest BCUT2D eigenvalue weighted by atomic mass is 9.96. The van der Waals surface area contributed by atoms with E-state index in [1.165, 1.54) is 7.11 Å². The third kappa shape index (κ3) is 4.59. The molecule has 0 N–H and O–H groups in total. The van der Waals surface area contributed by atoms with Crippen LogP contribution in [0.1, 0.15) is 16.1 Å².